The molecule has 1 aliphatic carbocycles. The molecule has 0 N–H and O–H groups in total. The van der Waals surface area contributed by atoms with E-state index in [1.807, 2.05) is 42.5 Å². The van der Waals surface area contributed by atoms with Gasteiger partial charge >= 0.3 is 5.97 Å². The third-order valence-electron chi connectivity index (χ3n) is 5.12. The Kier molecular flexibility index (Phi) is 6.57. The predicted octanol–water partition coefficient (Wildman–Crippen LogP) is 6.62. The minimum absolute atomic E-state index is 0.285. The van der Waals surface area contributed by atoms with Crippen molar-refractivity contribution < 1.29 is 8.98 Å². The fourth-order valence-electron chi connectivity index (χ4n) is 3.69. The third-order valence-corrected chi connectivity index (χ3v) is 5.82. The summed E-state index contributed by atoms with van der Waals surface area (Å²) < 4.78 is 5.32. The van der Waals surface area contributed by atoms with E-state index in [-0.39, 0.29) is 5.97 Å². The molecule has 1 fully saturated rings. The van der Waals surface area contributed by atoms with Gasteiger partial charge in [-0.3, -0.25) is 0 Å². The zero-order valence-electron chi connectivity index (χ0n) is 14.8. The predicted molar refractivity (Wildman–Crippen MR) is 104 cm³/mol. The Morgan fingerprint density at radius 2 is 1.68 bits per heavy atom. The molecule has 132 valence electrons. The maximum absolute atomic E-state index is 12.2. The lowest BCUT2D eigenvalue weighted by molar-refractivity contribution is 0.0768. The standard InChI is InChI=1S/C22H26O2S/c1-2-6-17-9-11-18(12-10-17)19-13-15-20(16-14-19)22(23)24-25-21-7-4-3-5-8-21/h3-5,7-8,13-18H,2,6,9-12H2,1H3. The van der Waals surface area contributed by atoms with E-state index in [2.05, 4.69) is 19.1 Å². The van der Waals surface area contributed by atoms with E-state index in [0.717, 1.165) is 22.9 Å². The van der Waals surface area contributed by atoms with E-state index in [1.165, 1.54) is 44.1 Å². The second-order valence-electron chi connectivity index (χ2n) is 6.90. The van der Waals surface area contributed by atoms with Gasteiger partial charge in [-0.05, 0) is 67.3 Å². The van der Waals surface area contributed by atoms with Crippen LogP contribution in [0.1, 0.15) is 67.3 Å². The molecule has 3 rings (SSSR count). The quantitative estimate of drug-likeness (QED) is 0.545. The van der Waals surface area contributed by atoms with E-state index < -0.39 is 0 Å². The molecule has 3 heteroatoms. The first kappa shape index (κ1) is 18.1. The molecule has 0 saturated heterocycles. The second-order valence-corrected chi connectivity index (χ2v) is 7.70. The summed E-state index contributed by atoms with van der Waals surface area (Å²) in [5.41, 5.74) is 1.98. The Morgan fingerprint density at radius 1 is 1.00 bits per heavy atom. The molecule has 0 bridgehead atoms. The van der Waals surface area contributed by atoms with Crippen LogP contribution < -0.4 is 0 Å². The maximum atomic E-state index is 12.2. The van der Waals surface area contributed by atoms with Crippen LogP contribution >= 0.6 is 12.0 Å². The highest BCUT2D eigenvalue weighted by Crippen LogP contribution is 2.37. The highest BCUT2D eigenvalue weighted by Gasteiger charge is 2.22. The molecule has 0 atom stereocenters. The van der Waals surface area contributed by atoms with Crippen LogP contribution in [0.25, 0.3) is 0 Å². The molecule has 25 heavy (non-hydrogen) atoms. The van der Waals surface area contributed by atoms with Crippen LogP contribution in [0.4, 0.5) is 0 Å². The van der Waals surface area contributed by atoms with Gasteiger partial charge in [-0.1, -0.05) is 50.1 Å². The SMILES string of the molecule is CCCC1CCC(c2ccc(C(=O)OSc3ccccc3)cc2)CC1. The maximum Gasteiger partial charge on any atom is 0.350 e. The van der Waals surface area contributed by atoms with Gasteiger partial charge in [0.2, 0.25) is 0 Å². The molecule has 0 spiro atoms. The largest absolute Gasteiger partial charge is 0.382 e. The van der Waals surface area contributed by atoms with E-state index in [9.17, 15) is 4.79 Å². The van der Waals surface area contributed by atoms with Crippen molar-refractivity contribution in [2.24, 2.45) is 5.92 Å². The molecule has 1 aliphatic rings. The minimum atomic E-state index is -0.285. The number of hydrogen-bond donors (Lipinski definition) is 0. The van der Waals surface area contributed by atoms with Crippen molar-refractivity contribution in [1.29, 1.82) is 0 Å². The van der Waals surface area contributed by atoms with Gasteiger partial charge in [0.25, 0.3) is 0 Å². The number of carbonyl (C=O) groups excluding carboxylic acids is 1. The minimum Gasteiger partial charge on any atom is -0.382 e. The lowest BCUT2D eigenvalue weighted by atomic mass is 9.77. The van der Waals surface area contributed by atoms with E-state index in [4.69, 9.17) is 4.18 Å². The molecule has 0 radical (unpaired) electrons. The topological polar surface area (TPSA) is 26.3 Å². The summed E-state index contributed by atoms with van der Waals surface area (Å²) in [6, 6.07) is 17.7. The molecular weight excluding hydrogens is 328 g/mol. The van der Waals surface area contributed by atoms with Gasteiger partial charge in [0.1, 0.15) is 0 Å². The molecule has 0 amide bonds. The average Bonchev–Trinajstić information content (AvgIpc) is 2.68. The number of carbonyl (C=O) groups is 1. The lowest BCUT2D eigenvalue weighted by Gasteiger charge is -2.28. The second kappa shape index (κ2) is 9.10. The summed E-state index contributed by atoms with van der Waals surface area (Å²) in [5.74, 6) is 1.29. The van der Waals surface area contributed by atoms with Crippen molar-refractivity contribution in [1.82, 2.24) is 0 Å². The van der Waals surface area contributed by atoms with Crippen molar-refractivity contribution in [3.63, 3.8) is 0 Å². The molecule has 2 aromatic carbocycles. The molecule has 0 aromatic heterocycles. The van der Waals surface area contributed by atoms with Crippen LogP contribution in [0.3, 0.4) is 0 Å². The summed E-state index contributed by atoms with van der Waals surface area (Å²) in [5, 5.41) is 0. The van der Waals surface area contributed by atoms with Crippen LogP contribution in [-0.4, -0.2) is 5.97 Å². The summed E-state index contributed by atoms with van der Waals surface area (Å²) in [4.78, 5) is 13.1. The molecule has 2 nitrogen and oxygen atoms in total. The smallest absolute Gasteiger partial charge is 0.350 e. The number of hydrogen-bond acceptors (Lipinski definition) is 3. The van der Waals surface area contributed by atoms with Gasteiger partial charge in [0.05, 0.1) is 17.6 Å². The molecule has 2 aromatic rings. The fraction of sp³-hybridized carbons (Fsp3) is 0.409. The number of benzene rings is 2. The number of rotatable bonds is 6. The summed E-state index contributed by atoms with van der Waals surface area (Å²) in [6.45, 7) is 2.28. The summed E-state index contributed by atoms with van der Waals surface area (Å²) >= 11 is 1.11. The first-order valence-corrected chi connectivity index (χ1v) is 10.0. The van der Waals surface area contributed by atoms with Crippen LogP contribution in [-0.2, 0) is 4.18 Å². The molecular formula is C22H26O2S. The van der Waals surface area contributed by atoms with Gasteiger partial charge in [-0.2, -0.15) is 0 Å². The van der Waals surface area contributed by atoms with Crippen molar-refractivity contribution in [2.75, 3.05) is 0 Å². The summed E-state index contributed by atoms with van der Waals surface area (Å²) in [6.07, 6.45) is 7.91. The van der Waals surface area contributed by atoms with Crippen LogP contribution in [0.15, 0.2) is 59.5 Å². The molecule has 0 heterocycles. The lowest BCUT2D eigenvalue weighted by Crippen LogP contribution is -2.13. The Hall–Kier alpha value is -1.74. The molecule has 0 unspecified atom stereocenters. The normalized spacial score (nSPS) is 20.2. The highest BCUT2D eigenvalue weighted by atomic mass is 32.2. The third kappa shape index (κ3) is 5.12. The highest BCUT2D eigenvalue weighted by molar-refractivity contribution is 7.95. The van der Waals surface area contributed by atoms with Crippen molar-refractivity contribution in [2.45, 2.75) is 56.3 Å². The van der Waals surface area contributed by atoms with Crippen LogP contribution in [0, 0.1) is 5.92 Å². The van der Waals surface area contributed by atoms with Gasteiger partial charge in [-0.25, -0.2) is 4.79 Å². The first-order chi connectivity index (χ1) is 12.3. The van der Waals surface area contributed by atoms with Crippen LogP contribution in [0.2, 0.25) is 0 Å². The van der Waals surface area contributed by atoms with Crippen molar-refractivity contribution >= 4 is 18.0 Å². The fourth-order valence-corrected chi connectivity index (χ4v) is 4.23. The van der Waals surface area contributed by atoms with Gasteiger partial charge in [0, 0.05) is 4.90 Å². The van der Waals surface area contributed by atoms with E-state index in [1.54, 1.807) is 0 Å². The van der Waals surface area contributed by atoms with Crippen molar-refractivity contribution in [3.05, 3.63) is 65.7 Å². The van der Waals surface area contributed by atoms with Gasteiger partial charge < -0.3 is 4.18 Å². The van der Waals surface area contributed by atoms with E-state index in [0.29, 0.717) is 11.5 Å². The average molecular weight is 355 g/mol. The van der Waals surface area contributed by atoms with Crippen molar-refractivity contribution in [3.8, 4) is 0 Å². The Labute approximate surface area is 155 Å². The molecule has 1 saturated carbocycles. The van der Waals surface area contributed by atoms with Gasteiger partial charge in [0.15, 0.2) is 0 Å². The monoisotopic (exact) mass is 354 g/mol. The zero-order valence-corrected chi connectivity index (χ0v) is 15.6. The van der Waals surface area contributed by atoms with Gasteiger partial charge in [-0.15, -0.1) is 0 Å². The zero-order chi connectivity index (χ0) is 17.5. The summed E-state index contributed by atoms with van der Waals surface area (Å²) in [7, 11) is 0. The molecule has 0 aliphatic heterocycles. The Balaban J connectivity index is 1.52. The van der Waals surface area contributed by atoms with E-state index >= 15 is 0 Å². The first-order valence-electron chi connectivity index (χ1n) is 9.30. The van der Waals surface area contributed by atoms with Crippen LogP contribution in [0.5, 0.6) is 0 Å². The Morgan fingerprint density at radius 3 is 2.32 bits per heavy atom. The Bertz CT molecular complexity index is 658.